The van der Waals surface area contributed by atoms with Gasteiger partial charge in [-0.1, -0.05) is 0 Å². The molecule has 126 valence electrons. The molecule has 1 unspecified atom stereocenters. The van der Waals surface area contributed by atoms with Gasteiger partial charge in [-0.25, -0.2) is 9.97 Å². The van der Waals surface area contributed by atoms with Crippen molar-refractivity contribution >= 4 is 11.8 Å². The van der Waals surface area contributed by atoms with Gasteiger partial charge >= 0.3 is 0 Å². The lowest BCUT2D eigenvalue weighted by Crippen LogP contribution is -2.36. The van der Waals surface area contributed by atoms with E-state index in [9.17, 15) is 9.59 Å². The third kappa shape index (κ3) is 3.74. The summed E-state index contributed by atoms with van der Waals surface area (Å²) in [5.41, 5.74) is 6.57. The molecule has 1 aliphatic rings. The van der Waals surface area contributed by atoms with Crippen molar-refractivity contribution in [2.24, 2.45) is 11.7 Å². The standard InChI is InChI=1S/C15H18N6O3/c16-14(22)13-6-11(17-9-18-13)5-10-7-21(3-4-24-8-10)15(23)12-1-2-19-20-12/h1-2,6,9-10H,3-5,7-8H2,(H2,16,22)(H,19,20). The third-order valence-corrected chi connectivity index (χ3v) is 3.83. The first kappa shape index (κ1) is 16.1. The number of ether oxygens (including phenoxy) is 1. The Morgan fingerprint density at radius 1 is 1.42 bits per heavy atom. The van der Waals surface area contributed by atoms with Crippen molar-refractivity contribution in [3.63, 3.8) is 0 Å². The number of carbonyl (C=O) groups is 2. The van der Waals surface area contributed by atoms with Crippen LogP contribution in [0.2, 0.25) is 0 Å². The number of primary amides is 1. The Kier molecular flexibility index (Phi) is 4.80. The van der Waals surface area contributed by atoms with Gasteiger partial charge in [-0.3, -0.25) is 14.7 Å². The molecule has 0 aliphatic carbocycles. The fourth-order valence-corrected chi connectivity index (χ4v) is 2.67. The average molecular weight is 330 g/mol. The normalized spacial score (nSPS) is 18.2. The first-order valence-electron chi connectivity index (χ1n) is 7.60. The van der Waals surface area contributed by atoms with Crippen molar-refractivity contribution in [3.8, 4) is 0 Å². The lowest BCUT2D eigenvalue weighted by molar-refractivity contribution is 0.0731. The first-order chi connectivity index (χ1) is 11.6. The molecule has 1 saturated heterocycles. The third-order valence-electron chi connectivity index (χ3n) is 3.83. The summed E-state index contributed by atoms with van der Waals surface area (Å²) in [4.78, 5) is 33.4. The number of hydrogen-bond donors (Lipinski definition) is 2. The van der Waals surface area contributed by atoms with Gasteiger partial charge in [0.2, 0.25) is 0 Å². The molecule has 0 saturated carbocycles. The zero-order chi connectivity index (χ0) is 16.9. The van der Waals surface area contributed by atoms with Crippen molar-refractivity contribution in [2.75, 3.05) is 26.3 Å². The van der Waals surface area contributed by atoms with Crippen LogP contribution >= 0.6 is 0 Å². The van der Waals surface area contributed by atoms with Gasteiger partial charge in [-0.15, -0.1) is 0 Å². The molecule has 0 bridgehead atoms. The van der Waals surface area contributed by atoms with Gasteiger partial charge in [-0.2, -0.15) is 5.10 Å². The Hall–Kier alpha value is -2.81. The summed E-state index contributed by atoms with van der Waals surface area (Å²) in [7, 11) is 0. The number of aromatic nitrogens is 4. The van der Waals surface area contributed by atoms with Gasteiger partial charge in [0.25, 0.3) is 11.8 Å². The van der Waals surface area contributed by atoms with Crippen molar-refractivity contribution in [2.45, 2.75) is 6.42 Å². The summed E-state index contributed by atoms with van der Waals surface area (Å²) in [5.74, 6) is -0.634. The fourth-order valence-electron chi connectivity index (χ4n) is 2.67. The van der Waals surface area contributed by atoms with E-state index in [0.717, 1.165) is 0 Å². The van der Waals surface area contributed by atoms with Crippen LogP contribution in [-0.4, -0.2) is 63.2 Å². The molecular formula is C15H18N6O3. The molecule has 3 rings (SSSR count). The SMILES string of the molecule is NC(=O)c1cc(CC2COCCN(C(=O)c3ccn[nH]3)C2)ncn1. The maximum atomic E-state index is 12.5. The quantitative estimate of drug-likeness (QED) is 0.787. The number of nitrogens with one attached hydrogen (secondary N) is 1. The highest BCUT2D eigenvalue weighted by Crippen LogP contribution is 2.14. The van der Waals surface area contributed by atoms with Gasteiger partial charge in [0.1, 0.15) is 17.7 Å². The minimum Gasteiger partial charge on any atom is -0.379 e. The minimum atomic E-state index is -0.591. The van der Waals surface area contributed by atoms with E-state index in [-0.39, 0.29) is 17.5 Å². The molecule has 1 atom stereocenters. The van der Waals surface area contributed by atoms with Crippen LogP contribution in [0.5, 0.6) is 0 Å². The van der Waals surface area contributed by atoms with Gasteiger partial charge in [0.15, 0.2) is 0 Å². The van der Waals surface area contributed by atoms with Crippen LogP contribution in [0.1, 0.15) is 26.7 Å². The molecule has 3 N–H and O–H groups in total. The minimum absolute atomic E-state index is 0.0648. The second-order valence-electron chi connectivity index (χ2n) is 5.63. The maximum absolute atomic E-state index is 12.5. The summed E-state index contributed by atoms with van der Waals surface area (Å²) < 4.78 is 5.60. The molecule has 1 aliphatic heterocycles. The lowest BCUT2D eigenvalue weighted by atomic mass is 10.0. The molecule has 2 aromatic heterocycles. The van der Waals surface area contributed by atoms with E-state index in [0.29, 0.717) is 44.1 Å². The summed E-state index contributed by atoms with van der Waals surface area (Å²) >= 11 is 0. The van der Waals surface area contributed by atoms with Crippen LogP contribution in [0.25, 0.3) is 0 Å². The molecule has 0 aromatic carbocycles. The highest BCUT2D eigenvalue weighted by Gasteiger charge is 2.24. The first-order valence-corrected chi connectivity index (χ1v) is 7.60. The molecular weight excluding hydrogens is 312 g/mol. The summed E-state index contributed by atoms with van der Waals surface area (Å²) in [6.45, 7) is 2.05. The van der Waals surface area contributed by atoms with Crippen molar-refractivity contribution in [3.05, 3.63) is 41.7 Å². The summed E-state index contributed by atoms with van der Waals surface area (Å²) in [6.07, 6.45) is 3.43. The van der Waals surface area contributed by atoms with Crippen LogP contribution in [-0.2, 0) is 11.2 Å². The van der Waals surface area contributed by atoms with Crippen LogP contribution in [0.3, 0.4) is 0 Å². The van der Waals surface area contributed by atoms with E-state index in [1.165, 1.54) is 6.33 Å². The highest BCUT2D eigenvalue weighted by atomic mass is 16.5. The number of hydrogen-bond acceptors (Lipinski definition) is 6. The molecule has 0 spiro atoms. The number of nitrogens with zero attached hydrogens (tertiary/aromatic N) is 4. The zero-order valence-corrected chi connectivity index (χ0v) is 13.0. The van der Waals surface area contributed by atoms with Gasteiger partial charge < -0.3 is 15.4 Å². The predicted molar refractivity (Wildman–Crippen MR) is 83.1 cm³/mol. The van der Waals surface area contributed by atoms with E-state index in [4.69, 9.17) is 10.5 Å². The molecule has 24 heavy (non-hydrogen) atoms. The van der Waals surface area contributed by atoms with E-state index in [2.05, 4.69) is 20.2 Å². The van der Waals surface area contributed by atoms with Gasteiger partial charge in [0.05, 0.1) is 13.2 Å². The largest absolute Gasteiger partial charge is 0.379 e. The van der Waals surface area contributed by atoms with E-state index >= 15 is 0 Å². The van der Waals surface area contributed by atoms with Crippen molar-refractivity contribution in [1.29, 1.82) is 0 Å². The average Bonchev–Trinajstić information content (AvgIpc) is 3.02. The monoisotopic (exact) mass is 330 g/mol. The molecule has 0 radical (unpaired) electrons. The van der Waals surface area contributed by atoms with Gasteiger partial charge in [-0.05, 0) is 18.6 Å². The topological polar surface area (TPSA) is 127 Å². The molecule has 1 fully saturated rings. The molecule has 9 heteroatoms. The smallest absolute Gasteiger partial charge is 0.271 e. The Morgan fingerprint density at radius 3 is 3.04 bits per heavy atom. The number of carbonyl (C=O) groups excluding carboxylic acids is 2. The van der Waals surface area contributed by atoms with Crippen LogP contribution in [0.4, 0.5) is 0 Å². The second kappa shape index (κ2) is 7.18. The van der Waals surface area contributed by atoms with Crippen LogP contribution < -0.4 is 5.73 Å². The molecule has 2 amide bonds. The number of rotatable bonds is 4. The lowest BCUT2D eigenvalue weighted by Gasteiger charge is -2.22. The van der Waals surface area contributed by atoms with E-state index in [1.807, 2.05) is 0 Å². The van der Waals surface area contributed by atoms with Crippen molar-refractivity contribution < 1.29 is 14.3 Å². The van der Waals surface area contributed by atoms with Crippen molar-refractivity contribution in [1.82, 2.24) is 25.1 Å². The zero-order valence-electron chi connectivity index (χ0n) is 13.0. The Bertz CT molecular complexity index is 718. The number of nitrogens with two attached hydrogens (primary N) is 1. The predicted octanol–water partition coefficient (Wildman–Crippen LogP) is -0.370. The van der Waals surface area contributed by atoms with E-state index in [1.54, 1.807) is 23.2 Å². The number of amides is 2. The Labute approximate surface area is 138 Å². The summed E-state index contributed by atoms with van der Waals surface area (Å²) in [5, 5.41) is 6.50. The van der Waals surface area contributed by atoms with E-state index < -0.39 is 5.91 Å². The van der Waals surface area contributed by atoms with Crippen LogP contribution in [0.15, 0.2) is 24.7 Å². The maximum Gasteiger partial charge on any atom is 0.271 e. The Morgan fingerprint density at radius 2 is 2.29 bits per heavy atom. The molecule has 3 heterocycles. The summed E-state index contributed by atoms with van der Waals surface area (Å²) in [6, 6.07) is 3.22. The Balaban J connectivity index is 1.70. The number of H-pyrrole nitrogens is 1. The molecule has 9 nitrogen and oxygen atoms in total. The van der Waals surface area contributed by atoms with Crippen LogP contribution in [0, 0.1) is 5.92 Å². The number of aromatic amines is 1. The molecule has 2 aromatic rings. The second-order valence-corrected chi connectivity index (χ2v) is 5.63. The van der Waals surface area contributed by atoms with Gasteiger partial charge in [0, 0.05) is 30.9 Å². The highest BCUT2D eigenvalue weighted by molar-refractivity contribution is 5.92. The fraction of sp³-hybridized carbons (Fsp3) is 0.400.